The van der Waals surface area contributed by atoms with Crippen molar-refractivity contribution in [1.29, 1.82) is 0 Å². The molecule has 1 aromatic carbocycles. The van der Waals surface area contributed by atoms with E-state index in [9.17, 15) is 0 Å². The zero-order valence-electron chi connectivity index (χ0n) is 9.25. The SMILES string of the molecule is Cc1nc(C)c(Cc2ccc(Cl)c(N)c2)s1. The van der Waals surface area contributed by atoms with Crippen molar-refractivity contribution in [3.05, 3.63) is 44.4 Å². The van der Waals surface area contributed by atoms with Gasteiger partial charge in [0, 0.05) is 11.3 Å². The van der Waals surface area contributed by atoms with E-state index in [-0.39, 0.29) is 0 Å². The molecule has 1 aromatic heterocycles. The predicted octanol–water partition coefficient (Wildman–Crippen LogP) is 3.59. The summed E-state index contributed by atoms with van der Waals surface area (Å²) in [5, 5.41) is 1.72. The van der Waals surface area contributed by atoms with Crippen LogP contribution in [0.15, 0.2) is 18.2 Å². The molecule has 16 heavy (non-hydrogen) atoms. The Morgan fingerprint density at radius 2 is 2.12 bits per heavy atom. The topological polar surface area (TPSA) is 38.9 Å². The molecule has 0 bridgehead atoms. The van der Waals surface area contributed by atoms with E-state index < -0.39 is 0 Å². The standard InChI is InChI=1S/C12H13ClN2S/c1-7-12(16-8(2)15-7)6-9-3-4-10(13)11(14)5-9/h3-5H,6,14H2,1-2H3. The Morgan fingerprint density at radius 1 is 1.38 bits per heavy atom. The molecule has 2 aromatic rings. The van der Waals surface area contributed by atoms with Crippen LogP contribution in [-0.2, 0) is 6.42 Å². The van der Waals surface area contributed by atoms with Crippen molar-refractivity contribution >= 4 is 28.6 Å². The van der Waals surface area contributed by atoms with Crippen molar-refractivity contribution in [3.63, 3.8) is 0 Å². The van der Waals surface area contributed by atoms with Gasteiger partial charge in [-0.1, -0.05) is 17.7 Å². The molecule has 0 fully saturated rings. The molecule has 4 heteroatoms. The second-order valence-corrected chi connectivity index (χ2v) is 5.47. The van der Waals surface area contributed by atoms with Crippen LogP contribution in [0.3, 0.4) is 0 Å². The molecule has 0 saturated heterocycles. The molecule has 1 heterocycles. The summed E-state index contributed by atoms with van der Waals surface area (Å²) in [6.45, 7) is 4.06. The van der Waals surface area contributed by atoms with Crippen LogP contribution in [-0.4, -0.2) is 4.98 Å². The zero-order chi connectivity index (χ0) is 11.7. The molecule has 0 aliphatic rings. The minimum atomic E-state index is 0.612. The van der Waals surface area contributed by atoms with Crippen molar-refractivity contribution in [1.82, 2.24) is 4.98 Å². The fourth-order valence-corrected chi connectivity index (χ4v) is 2.71. The molecule has 2 N–H and O–H groups in total. The number of benzene rings is 1. The molecule has 0 unspecified atom stereocenters. The highest BCUT2D eigenvalue weighted by Gasteiger charge is 2.06. The van der Waals surface area contributed by atoms with Gasteiger partial charge in [0.15, 0.2) is 0 Å². The van der Waals surface area contributed by atoms with E-state index in [1.807, 2.05) is 32.0 Å². The first kappa shape index (κ1) is 11.4. The van der Waals surface area contributed by atoms with E-state index in [0.29, 0.717) is 10.7 Å². The van der Waals surface area contributed by atoms with Crippen LogP contribution >= 0.6 is 22.9 Å². The van der Waals surface area contributed by atoms with Crippen LogP contribution < -0.4 is 5.73 Å². The Kier molecular flexibility index (Phi) is 3.17. The third-order valence-electron chi connectivity index (χ3n) is 2.42. The quantitative estimate of drug-likeness (QED) is 0.830. The van der Waals surface area contributed by atoms with Gasteiger partial charge in [-0.05, 0) is 31.5 Å². The van der Waals surface area contributed by atoms with Gasteiger partial charge in [0.05, 0.1) is 21.4 Å². The minimum Gasteiger partial charge on any atom is -0.398 e. The minimum absolute atomic E-state index is 0.612. The lowest BCUT2D eigenvalue weighted by atomic mass is 10.1. The van der Waals surface area contributed by atoms with E-state index in [4.69, 9.17) is 17.3 Å². The molecule has 0 aliphatic heterocycles. The first-order chi connectivity index (χ1) is 7.56. The van der Waals surface area contributed by atoms with E-state index in [2.05, 4.69) is 4.98 Å². The number of halogens is 1. The number of nitrogens with zero attached hydrogens (tertiary/aromatic N) is 1. The Balaban J connectivity index is 2.27. The summed E-state index contributed by atoms with van der Waals surface area (Å²) in [5.74, 6) is 0. The molecule has 0 radical (unpaired) electrons. The van der Waals surface area contributed by atoms with Crippen molar-refractivity contribution in [2.45, 2.75) is 20.3 Å². The monoisotopic (exact) mass is 252 g/mol. The van der Waals surface area contributed by atoms with Crippen LogP contribution in [0.5, 0.6) is 0 Å². The van der Waals surface area contributed by atoms with Gasteiger partial charge >= 0.3 is 0 Å². The van der Waals surface area contributed by atoms with Crippen molar-refractivity contribution < 1.29 is 0 Å². The van der Waals surface area contributed by atoms with Crippen LogP contribution in [0.2, 0.25) is 5.02 Å². The Labute approximate surface area is 104 Å². The lowest BCUT2D eigenvalue weighted by molar-refractivity contribution is 1.13. The normalized spacial score (nSPS) is 10.7. The number of thiazole rings is 1. The van der Waals surface area contributed by atoms with Gasteiger partial charge in [-0.25, -0.2) is 4.98 Å². The molecule has 84 valence electrons. The number of aryl methyl sites for hydroxylation is 2. The number of nitrogens with two attached hydrogens (primary N) is 1. The molecule has 0 amide bonds. The fraction of sp³-hybridized carbons (Fsp3) is 0.250. The second-order valence-electron chi connectivity index (χ2n) is 3.77. The van der Waals surface area contributed by atoms with Gasteiger partial charge in [-0.2, -0.15) is 0 Å². The maximum atomic E-state index is 5.88. The van der Waals surface area contributed by atoms with E-state index >= 15 is 0 Å². The Morgan fingerprint density at radius 3 is 2.69 bits per heavy atom. The average Bonchev–Trinajstić information content (AvgIpc) is 2.51. The lowest BCUT2D eigenvalue weighted by Gasteiger charge is -2.03. The third kappa shape index (κ3) is 2.36. The summed E-state index contributed by atoms with van der Waals surface area (Å²) >= 11 is 7.62. The molecular formula is C12H13ClN2S. The number of aromatic nitrogens is 1. The predicted molar refractivity (Wildman–Crippen MR) is 70.3 cm³/mol. The molecule has 0 atom stereocenters. The summed E-state index contributed by atoms with van der Waals surface area (Å²) in [6.07, 6.45) is 0.874. The van der Waals surface area contributed by atoms with Crippen molar-refractivity contribution in [2.75, 3.05) is 5.73 Å². The lowest BCUT2D eigenvalue weighted by Crippen LogP contribution is -1.92. The molecule has 0 spiro atoms. The summed E-state index contributed by atoms with van der Waals surface area (Å²) in [5.41, 5.74) is 8.69. The van der Waals surface area contributed by atoms with Gasteiger partial charge < -0.3 is 5.73 Å². The second kappa shape index (κ2) is 4.44. The van der Waals surface area contributed by atoms with E-state index in [1.165, 1.54) is 10.4 Å². The zero-order valence-corrected chi connectivity index (χ0v) is 10.8. The van der Waals surface area contributed by atoms with Crippen LogP contribution in [0.4, 0.5) is 5.69 Å². The molecule has 0 aliphatic carbocycles. The first-order valence-electron chi connectivity index (χ1n) is 5.03. The van der Waals surface area contributed by atoms with E-state index in [0.717, 1.165) is 17.1 Å². The van der Waals surface area contributed by atoms with Crippen LogP contribution in [0.25, 0.3) is 0 Å². The summed E-state index contributed by atoms with van der Waals surface area (Å²) in [7, 11) is 0. The van der Waals surface area contributed by atoms with Gasteiger partial charge in [0.25, 0.3) is 0 Å². The highest BCUT2D eigenvalue weighted by molar-refractivity contribution is 7.11. The maximum absolute atomic E-state index is 5.88. The smallest absolute Gasteiger partial charge is 0.0900 e. The highest BCUT2D eigenvalue weighted by atomic mass is 35.5. The number of hydrogen-bond donors (Lipinski definition) is 1. The van der Waals surface area contributed by atoms with Crippen LogP contribution in [0.1, 0.15) is 21.1 Å². The molecule has 2 nitrogen and oxygen atoms in total. The number of anilines is 1. The number of hydrogen-bond acceptors (Lipinski definition) is 3. The Hall–Kier alpha value is -1.06. The van der Waals surface area contributed by atoms with Gasteiger partial charge in [-0.15, -0.1) is 11.3 Å². The average molecular weight is 253 g/mol. The van der Waals surface area contributed by atoms with E-state index in [1.54, 1.807) is 11.3 Å². The molecule has 2 rings (SSSR count). The van der Waals surface area contributed by atoms with Crippen molar-refractivity contribution in [2.24, 2.45) is 0 Å². The van der Waals surface area contributed by atoms with Gasteiger partial charge in [0.2, 0.25) is 0 Å². The maximum Gasteiger partial charge on any atom is 0.0900 e. The Bertz CT molecular complexity index is 520. The third-order valence-corrected chi connectivity index (χ3v) is 3.84. The molecular weight excluding hydrogens is 240 g/mol. The number of nitrogen functional groups attached to an aromatic ring is 1. The summed E-state index contributed by atoms with van der Waals surface area (Å²) in [4.78, 5) is 5.70. The van der Waals surface area contributed by atoms with Gasteiger partial charge in [-0.3, -0.25) is 0 Å². The summed E-state index contributed by atoms with van der Waals surface area (Å²) < 4.78 is 0. The molecule has 0 saturated carbocycles. The number of rotatable bonds is 2. The summed E-state index contributed by atoms with van der Waals surface area (Å²) in [6, 6.07) is 5.78. The largest absolute Gasteiger partial charge is 0.398 e. The van der Waals surface area contributed by atoms with Crippen molar-refractivity contribution in [3.8, 4) is 0 Å². The van der Waals surface area contributed by atoms with Crippen LogP contribution in [0, 0.1) is 13.8 Å². The first-order valence-corrected chi connectivity index (χ1v) is 6.22. The van der Waals surface area contributed by atoms with Gasteiger partial charge in [0.1, 0.15) is 0 Å². The fourth-order valence-electron chi connectivity index (χ4n) is 1.63. The highest BCUT2D eigenvalue weighted by Crippen LogP contribution is 2.24.